The summed E-state index contributed by atoms with van der Waals surface area (Å²) in [6.45, 7) is 1.69. The van der Waals surface area contributed by atoms with Crippen molar-refractivity contribution < 1.29 is 22.7 Å². The van der Waals surface area contributed by atoms with Crippen LogP contribution in [-0.2, 0) is 9.53 Å². The van der Waals surface area contributed by atoms with Crippen LogP contribution in [0.25, 0.3) is 0 Å². The van der Waals surface area contributed by atoms with Crippen molar-refractivity contribution in [3.05, 3.63) is 35.8 Å². The fourth-order valence-electron chi connectivity index (χ4n) is 1.17. The number of allylic oxidation sites excluding steroid dienone is 4. The van der Waals surface area contributed by atoms with Gasteiger partial charge >= 0.3 is 6.36 Å². The second kappa shape index (κ2) is 5.56. The third-order valence-electron chi connectivity index (χ3n) is 1.92. The molecule has 3 nitrogen and oxygen atoms in total. The van der Waals surface area contributed by atoms with E-state index in [0.717, 1.165) is 0 Å². The Hall–Kier alpha value is -1.72. The molecule has 0 spiro atoms. The first-order valence-electron chi connectivity index (χ1n) is 5.03. The van der Waals surface area contributed by atoms with Crippen LogP contribution in [0.5, 0.6) is 0 Å². The van der Waals surface area contributed by atoms with E-state index in [1.807, 2.05) is 0 Å². The van der Waals surface area contributed by atoms with Crippen LogP contribution >= 0.6 is 0 Å². The Morgan fingerprint density at radius 2 is 2.18 bits per heavy atom. The van der Waals surface area contributed by atoms with Crippen molar-refractivity contribution in [3.8, 4) is 0 Å². The highest BCUT2D eigenvalue weighted by atomic mass is 19.4. The van der Waals surface area contributed by atoms with Crippen LogP contribution in [0.2, 0.25) is 0 Å². The molecule has 0 heterocycles. The van der Waals surface area contributed by atoms with Crippen LogP contribution in [0.1, 0.15) is 19.8 Å². The highest BCUT2D eigenvalue weighted by Gasteiger charge is 2.31. The van der Waals surface area contributed by atoms with E-state index in [1.165, 1.54) is 24.3 Å². The summed E-state index contributed by atoms with van der Waals surface area (Å²) in [6.07, 6.45) is 1.24. The third kappa shape index (κ3) is 5.24. The van der Waals surface area contributed by atoms with Crippen LogP contribution in [0.3, 0.4) is 0 Å². The zero-order chi connectivity index (χ0) is 12.9. The van der Waals surface area contributed by atoms with Crippen molar-refractivity contribution in [2.45, 2.75) is 26.1 Å². The van der Waals surface area contributed by atoms with Crippen molar-refractivity contribution in [1.29, 1.82) is 0 Å². The summed E-state index contributed by atoms with van der Waals surface area (Å²) in [4.78, 5) is 11.1. The normalized spacial score (nSPS) is 15.8. The zero-order valence-electron chi connectivity index (χ0n) is 9.17. The lowest BCUT2D eigenvalue weighted by atomic mass is 10.3. The lowest BCUT2D eigenvalue weighted by Gasteiger charge is -2.08. The number of carbonyl (C=O) groups excluding carboxylic acids is 1. The van der Waals surface area contributed by atoms with Gasteiger partial charge in [0.25, 0.3) is 0 Å². The smallest absolute Gasteiger partial charge is 0.406 e. The SMILES string of the molecule is CCC(=O)NC1=CC=C(OC(F)(F)F)C=CC1. The highest BCUT2D eigenvalue weighted by molar-refractivity contribution is 5.77. The van der Waals surface area contributed by atoms with Gasteiger partial charge in [0.1, 0.15) is 5.76 Å². The average Bonchev–Trinajstić information content (AvgIpc) is 2.42. The van der Waals surface area contributed by atoms with Gasteiger partial charge in [-0.25, -0.2) is 0 Å². The molecule has 0 aromatic rings. The van der Waals surface area contributed by atoms with Gasteiger partial charge in [-0.2, -0.15) is 0 Å². The van der Waals surface area contributed by atoms with E-state index in [-0.39, 0.29) is 11.7 Å². The molecule has 0 aliphatic heterocycles. The summed E-state index contributed by atoms with van der Waals surface area (Å²) in [6, 6.07) is 0. The van der Waals surface area contributed by atoms with Gasteiger partial charge < -0.3 is 10.1 Å². The molecule has 0 saturated carbocycles. The third-order valence-corrected chi connectivity index (χ3v) is 1.92. The van der Waals surface area contributed by atoms with Crippen LogP contribution in [-0.4, -0.2) is 12.3 Å². The van der Waals surface area contributed by atoms with Crippen LogP contribution in [0.4, 0.5) is 13.2 Å². The van der Waals surface area contributed by atoms with Crippen molar-refractivity contribution in [3.63, 3.8) is 0 Å². The molecule has 1 rings (SSSR count). The number of amides is 1. The molecule has 1 aliphatic rings. The van der Waals surface area contributed by atoms with E-state index in [1.54, 1.807) is 6.92 Å². The molecule has 0 fully saturated rings. The maximum Gasteiger partial charge on any atom is 0.573 e. The first-order valence-corrected chi connectivity index (χ1v) is 5.03. The van der Waals surface area contributed by atoms with Crippen LogP contribution in [0.15, 0.2) is 35.8 Å². The summed E-state index contributed by atoms with van der Waals surface area (Å²) in [7, 11) is 0. The second-order valence-corrected chi connectivity index (χ2v) is 3.32. The molecule has 1 N–H and O–H groups in total. The quantitative estimate of drug-likeness (QED) is 0.832. The van der Waals surface area contributed by atoms with Gasteiger partial charge in [-0.3, -0.25) is 4.79 Å². The zero-order valence-corrected chi connectivity index (χ0v) is 9.17. The van der Waals surface area contributed by atoms with Gasteiger partial charge in [-0.15, -0.1) is 13.2 Å². The summed E-state index contributed by atoms with van der Waals surface area (Å²) < 4.78 is 39.6. The number of carbonyl (C=O) groups is 1. The molecule has 94 valence electrons. The summed E-state index contributed by atoms with van der Waals surface area (Å²) >= 11 is 0. The molecule has 17 heavy (non-hydrogen) atoms. The second-order valence-electron chi connectivity index (χ2n) is 3.32. The number of rotatable bonds is 3. The maximum absolute atomic E-state index is 11.9. The first kappa shape index (κ1) is 13.3. The Bertz CT molecular complexity index is 381. The van der Waals surface area contributed by atoms with Gasteiger partial charge in [0.05, 0.1) is 0 Å². The number of halogens is 3. The van der Waals surface area contributed by atoms with Crippen molar-refractivity contribution in [2.24, 2.45) is 0 Å². The van der Waals surface area contributed by atoms with E-state index in [4.69, 9.17) is 0 Å². The average molecular weight is 247 g/mol. The first-order chi connectivity index (χ1) is 7.90. The molecular formula is C11H12F3NO2. The largest absolute Gasteiger partial charge is 0.573 e. The molecule has 1 amide bonds. The molecule has 0 saturated heterocycles. The molecule has 0 aromatic heterocycles. The van der Waals surface area contributed by atoms with Gasteiger partial charge in [0, 0.05) is 18.5 Å². The predicted molar refractivity (Wildman–Crippen MR) is 55.5 cm³/mol. The fourth-order valence-corrected chi connectivity index (χ4v) is 1.17. The van der Waals surface area contributed by atoms with Crippen molar-refractivity contribution in [1.82, 2.24) is 5.32 Å². The van der Waals surface area contributed by atoms with Crippen LogP contribution in [0, 0.1) is 0 Å². The minimum absolute atomic E-state index is 0.182. The molecule has 0 unspecified atom stereocenters. The van der Waals surface area contributed by atoms with Gasteiger partial charge in [0.15, 0.2) is 0 Å². The number of hydrogen-bond donors (Lipinski definition) is 1. The molecule has 0 aromatic carbocycles. The molecular weight excluding hydrogens is 235 g/mol. The minimum atomic E-state index is -4.71. The Morgan fingerprint density at radius 1 is 1.47 bits per heavy atom. The molecule has 0 bridgehead atoms. The maximum atomic E-state index is 11.9. The van der Waals surface area contributed by atoms with E-state index in [9.17, 15) is 18.0 Å². The molecule has 0 atom stereocenters. The Kier molecular flexibility index (Phi) is 4.37. The minimum Gasteiger partial charge on any atom is -0.406 e. The van der Waals surface area contributed by atoms with Gasteiger partial charge in [-0.1, -0.05) is 13.0 Å². The molecule has 6 heteroatoms. The Balaban J connectivity index is 2.69. The summed E-state index contributed by atoms with van der Waals surface area (Å²) in [5, 5.41) is 2.58. The van der Waals surface area contributed by atoms with Gasteiger partial charge in [0.2, 0.25) is 5.91 Å². The lowest BCUT2D eigenvalue weighted by molar-refractivity contribution is -0.303. The summed E-state index contributed by atoms with van der Waals surface area (Å²) in [5.41, 5.74) is 0.536. The van der Waals surface area contributed by atoms with Crippen molar-refractivity contribution >= 4 is 5.91 Å². The monoisotopic (exact) mass is 247 g/mol. The Labute approximate surface area is 96.6 Å². The number of alkyl halides is 3. The number of ether oxygens (including phenoxy) is 1. The topological polar surface area (TPSA) is 38.3 Å². The molecule has 0 radical (unpaired) electrons. The Morgan fingerprint density at radius 3 is 2.76 bits per heavy atom. The lowest BCUT2D eigenvalue weighted by Crippen LogP contribution is -2.20. The highest BCUT2D eigenvalue weighted by Crippen LogP contribution is 2.22. The number of hydrogen-bond acceptors (Lipinski definition) is 2. The van der Waals surface area contributed by atoms with E-state index >= 15 is 0 Å². The van der Waals surface area contributed by atoms with Gasteiger partial charge in [-0.05, 0) is 18.2 Å². The van der Waals surface area contributed by atoms with Crippen LogP contribution < -0.4 is 5.32 Å². The summed E-state index contributed by atoms with van der Waals surface area (Å²) in [5.74, 6) is -0.489. The standard InChI is InChI=1S/C11H12F3NO2/c1-2-10(16)15-8-4-3-5-9(7-6-8)17-11(12,13)14/h3,5-7H,2,4H2,1H3,(H,15,16). The van der Waals surface area contributed by atoms with E-state index in [2.05, 4.69) is 10.1 Å². The van der Waals surface area contributed by atoms with E-state index < -0.39 is 6.36 Å². The predicted octanol–water partition coefficient (Wildman–Crippen LogP) is 2.78. The van der Waals surface area contributed by atoms with Crippen molar-refractivity contribution in [2.75, 3.05) is 0 Å². The van der Waals surface area contributed by atoms with E-state index in [0.29, 0.717) is 18.5 Å². The fraction of sp³-hybridized carbons (Fsp3) is 0.364. The number of nitrogens with one attached hydrogen (secondary N) is 1. The molecule has 1 aliphatic carbocycles.